The van der Waals surface area contributed by atoms with Gasteiger partial charge in [0.2, 0.25) is 0 Å². The first-order valence-electron chi connectivity index (χ1n) is 8.19. The van der Waals surface area contributed by atoms with Gasteiger partial charge in [-0.1, -0.05) is 29.8 Å². The van der Waals surface area contributed by atoms with Gasteiger partial charge in [-0.25, -0.2) is 9.59 Å². The van der Waals surface area contributed by atoms with E-state index in [9.17, 15) is 35.9 Å². The van der Waals surface area contributed by atoms with Gasteiger partial charge in [-0.05, 0) is 35.4 Å². The fraction of sp³-hybridized carbons (Fsp3) is 0.222. The van der Waals surface area contributed by atoms with Crippen molar-refractivity contribution in [2.75, 3.05) is 0 Å². The van der Waals surface area contributed by atoms with E-state index >= 15 is 0 Å². The van der Waals surface area contributed by atoms with Crippen molar-refractivity contribution in [1.82, 2.24) is 5.32 Å². The van der Waals surface area contributed by atoms with Crippen LogP contribution in [0.2, 0.25) is 5.02 Å². The second kappa shape index (κ2) is 8.92. The highest BCUT2D eigenvalue weighted by atomic mass is 35.5. The number of rotatable bonds is 5. The highest BCUT2D eigenvalue weighted by Crippen LogP contribution is 2.40. The minimum atomic E-state index is -4.89. The van der Waals surface area contributed by atoms with Crippen molar-refractivity contribution >= 4 is 23.8 Å². The fourth-order valence-electron chi connectivity index (χ4n) is 2.74. The first kappa shape index (κ1) is 24.1. The topological polar surface area (TPSA) is 102 Å². The van der Waals surface area contributed by atoms with Crippen LogP contribution in [0.5, 0.6) is 0 Å². The van der Waals surface area contributed by atoms with Crippen molar-refractivity contribution in [1.29, 1.82) is 0 Å². The van der Waals surface area contributed by atoms with Gasteiger partial charge in [0.05, 0.1) is 22.2 Å². The number of nitrogens with one attached hydrogen (secondary N) is 1. The normalized spacial score (nSPS) is 13.9. The van der Waals surface area contributed by atoms with Crippen molar-refractivity contribution in [2.24, 2.45) is 5.73 Å². The molecule has 168 valence electrons. The molecule has 2 atom stereocenters. The van der Waals surface area contributed by atoms with Gasteiger partial charge >= 0.3 is 24.5 Å². The van der Waals surface area contributed by atoms with E-state index in [1.165, 1.54) is 0 Å². The second-order valence-electron chi connectivity index (χ2n) is 6.14. The molecule has 0 aliphatic heterocycles. The third-order valence-electron chi connectivity index (χ3n) is 4.05. The largest absolute Gasteiger partial charge is 0.465 e. The van der Waals surface area contributed by atoms with Crippen molar-refractivity contribution in [3.63, 3.8) is 0 Å². The van der Waals surface area contributed by atoms with Crippen molar-refractivity contribution in [3.8, 4) is 0 Å². The predicted molar refractivity (Wildman–Crippen MR) is 95.2 cm³/mol. The van der Waals surface area contributed by atoms with Gasteiger partial charge in [0.15, 0.2) is 6.10 Å². The Balaban J connectivity index is 2.61. The molecule has 31 heavy (non-hydrogen) atoms. The number of halogens is 7. The van der Waals surface area contributed by atoms with Crippen LogP contribution in [0.25, 0.3) is 0 Å². The minimum absolute atomic E-state index is 0.158. The molecule has 0 aliphatic carbocycles. The Labute approximate surface area is 175 Å². The number of carbonyl (C=O) groups excluding carboxylic acids is 1. The molecule has 0 saturated carbocycles. The van der Waals surface area contributed by atoms with E-state index in [4.69, 9.17) is 27.2 Å². The lowest BCUT2D eigenvalue weighted by Gasteiger charge is -2.28. The van der Waals surface area contributed by atoms with Crippen LogP contribution in [-0.2, 0) is 17.1 Å². The van der Waals surface area contributed by atoms with Crippen LogP contribution < -0.4 is 11.1 Å². The van der Waals surface area contributed by atoms with Crippen LogP contribution in [0, 0.1) is 0 Å². The Morgan fingerprint density at radius 3 is 1.97 bits per heavy atom. The molecule has 0 spiro atoms. The Bertz CT molecular complexity index is 963. The van der Waals surface area contributed by atoms with E-state index in [1.54, 1.807) is 0 Å². The van der Waals surface area contributed by atoms with E-state index in [0.717, 1.165) is 24.3 Å². The van der Waals surface area contributed by atoms with Crippen LogP contribution in [0.15, 0.2) is 42.5 Å². The Hall–Kier alpha value is -3.15. The lowest BCUT2D eigenvalue weighted by molar-refractivity contribution is -0.138. The first-order chi connectivity index (χ1) is 14.2. The molecule has 2 unspecified atom stereocenters. The molecule has 0 saturated heterocycles. The lowest BCUT2D eigenvalue weighted by atomic mass is 9.93. The number of amides is 2. The summed E-state index contributed by atoms with van der Waals surface area (Å²) in [6, 6.07) is 3.79. The smallest absolute Gasteiger partial charge is 0.417 e. The predicted octanol–water partition coefficient (Wildman–Crippen LogP) is 5.52. The summed E-state index contributed by atoms with van der Waals surface area (Å²) in [5.74, 6) is 0. The number of carboxylic acid groups (broad SMARTS) is 1. The standard InChI is InChI=1S/C18H13ClF6N2O4/c19-12-6-3-9(7-11(12)18(23,24)25)13(27-16(29)30)14(31-15(26)28)8-1-4-10(5-2-8)17(20,21)22/h1-7,13-14,27H,(H2,26,28)(H,29,30). The number of benzene rings is 2. The van der Waals surface area contributed by atoms with Crippen molar-refractivity contribution in [2.45, 2.75) is 24.5 Å². The Morgan fingerprint density at radius 1 is 0.968 bits per heavy atom. The highest BCUT2D eigenvalue weighted by Gasteiger charge is 2.37. The van der Waals surface area contributed by atoms with Gasteiger partial charge in [-0.2, -0.15) is 26.3 Å². The number of nitrogens with two attached hydrogens (primary N) is 1. The monoisotopic (exact) mass is 470 g/mol. The summed E-state index contributed by atoms with van der Waals surface area (Å²) in [7, 11) is 0. The quantitative estimate of drug-likeness (QED) is 0.500. The molecule has 0 bridgehead atoms. The molecule has 2 aromatic carbocycles. The van der Waals surface area contributed by atoms with Gasteiger partial charge in [-0.15, -0.1) is 0 Å². The number of hydrogen-bond donors (Lipinski definition) is 3. The maximum atomic E-state index is 13.2. The van der Waals surface area contributed by atoms with Crippen LogP contribution in [0.4, 0.5) is 35.9 Å². The van der Waals surface area contributed by atoms with Gasteiger partial charge in [0.1, 0.15) is 0 Å². The summed E-state index contributed by atoms with van der Waals surface area (Å²) in [6.45, 7) is 0. The summed E-state index contributed by atoms with van der Waals surface area (Å²) in [6.07, 6.45) is -14.4. The third-order valence-corrected chi connectivity index (χ3v) is 4.38. The average molecular weight is 471 g/mol. The molecule has 0 radical (unpaired) electrons. The first-order valence-corrected chi connectivity index (χ1v) is 8.57. The molecule has 6 nitrogen and oxygen atoms in total. The SMILES string of the molecule is NC(=O)OC(c1ccc(C(F)(F)F)cc1)C(NC(=O)O)c1ccc(Cl)c(C(F)(F)F)c1. The molecule has 2 rings (SSSR count). The maximum Gasteiger partial charge on any atom is 0.417 e. The summed E-state index contributed by atoms with van der Waals surface area (Å²) in [5, 5.41) is 10.4. The third kappa shape index (κ3) is 6.17. The number of primary amides is 1. The summed E-state index contributed by atoms with van der Waals surface area (Å²) in [4.78, 5) is 22.6. The minimum Gasteiger partial charge on any atom is -0.465 e. The van der Waals surface area contributed by atoms with E-state index in [0.29, 0.717) is 18.2 Å². The number of carbonyl (C=O) groups is 2. The van der Waals surface area contributed by atoms with Crippen molar-refractivity contribution in [3.05, 3.63) is 69.7 Å². The Morgan fingerprint density at radius 2 is 1.52 bits per heavy atom. The van der Waals surface area contributed by atoms with E-state index < -0.39 is 52.8 Å². The number of hydrogen-bond acceptors (Lipinski definition) is 3. The van der Waals surface area contributed by atoms with E-state index in [-0.39, 0.29) is 11.1 Å². The molecular formula is C18H13ClF6N2O4. The number of alkyl halides is 6. The van der Waals surface area contributed by atoms with Gasteiger partial charge in [0, 0.05) is 0 Å². The molecule has 13 heteroatoms. The highest BCUT2D eigenvalue weighted by molar-refractivity contribution is 6.31. The van der Waals surface area contributed by atoms with E-state index in [2.05, 4.69) is 0 Å². The molecule has 2 amide bonds. The zero-order valence-electron chi connectivity index (χ0n) is 15.1. The summed E-state index contributed by atoms with van der Waals surface area (Å²) >= 11 is 5.56. The van der Waals surface area contributed by atoms with E-state index in [1.807, 2.05) is 5.32 Å². The summed E-state index contributed by atoms with van der Waals surface area (Å²) in [5.41, 5.74) is 2.15. The van der Waals surface area contributed by atoms with Gasteiger partial charge in [0.25, 0.3) is 0 Å². The average Bonchev–Trinajstić information content (AvgIpc) is 2.63. The molecular weight excluding hydrogens is 458 g/mol. The van der Waals surface area contributed by atoms with Crippen LogP contribution >= 0.6 is 11.6 Å². The lowest BCUT2D eigenvalue weighted by Crippen LogP contribution is -2.34. The van der Waals surface area contributed by atoms with Crippen molar-refractivity contribution < 1.29 is 45.8 Å². The Kier molecular flexibility index (Phi) is 6.94. The number of ether oxygens (including phenoxy) is 1. The zero-order chi connectivity index (χ0) is 23.6. The molecule has 2 aromatic rings. The summed E-state index contributed by atoms with van der Waals surface area (Å²) < 4.78 is 82.9. The molecule has 0 aromatic heterocycles. The molecule has 0 heterocycles. The van der Waals surface area contributed by atoms with Gasteiger partial charge in [-0.3, -0.25) is 0 Å². The maximum absolute atomic E-state index is 13.2. The molecule has 4 N–H and O–H groups in total. The molecule has 0 fully saturated rings. The van der Waals surface area contributed by atoms with Gasteiger partial charge < -0.3 is 20.9 Å². The fourth-order valence-corrected chi connectivity index (χ4v) is 2.96. The molecule has 0 aliphatic rings. The zero-order valence-corrected chi connectivity index (χ0v) is 15.8. The van der Waals surface area contributed by atoms with Crippen LogP contribution in [0.1, 0.15) is 34.4 Å². The van der Waals surface area contributed by atoms with Crippen LogP contribution in [0.3, 0.4) is 0 Å². The second-order valence-corrected chi connectivity index (χ2v) is 6.55. The van der Waals surface area contributed by atoms with Crippen LogP contribution in [-0.4, -0.2) is 17.3 Å².